The molecule has 354 valence electrons. The van der Waals surface area contributed by atoms with E-state index in [1.54, 1.807) is 19.2 Å². The number of carbonyl (C=O) groups is 1. The van der Waals surface area contributed by atoms with Crippen LogP contribution in [-0.2, 0) is 58.3 Å². The third-order valence-corrected chi connectivity index (χ3v) is 25.8. The summed E-state index contributed by atoms with van der Waals surface area (Å²) in [7, 11) is -6.46. The smallest absolute Gasteiger partial charge is 0.192 e. The molecule has 0 saturated carbocycles. The monoisotopic (exact) mass is 923 g/mol. The average molecular weight is 923 g/mol. The Kier molecular flexibility index (Phi) is 17.6. The molecule has 1 aromatic rings. The lowest BCUT2D eigenvalue weighted by Crippen LogP contribution is -2.49. The first-order valence-electron chi connectivity index (χ1n) is 23.4. The Bertz CT molecular complexity index is 1730. The molecule has 0 aliphatic carbocycles. The predicted octanol–water partition coefficient (Wildman–Crippen LogP) is 9.62. The zero-order valence-corrected chi connectivity index (χ0v) is 43.3. The van der Waals surface area contributed by atoms with Crippen LogP contribution in [0, 0.1) is 11.8 Å². The summed E-state index contributed by atoms with van der Waals surface area (Å²) in [6, 6.07) is 7.22. The van der Waals surface area contributed by atoms with E-state index in [0.717, 1.165) is 30.4 Å². The van der Waals surface area contributed by atoms with E-state index in [-0.39, 0.29) is 58.2 Å². The fraction of sp³-hybridized carbons (Fsp3) is 0.812. The Morgan fingerprint density at radius 2 is 1.45 bits per heavy atom. The topological polar surface area (TPSA) is 125 Å². The molecule has 0 N–H and O–H groups in total. The van der Waals surface area contributed by atoms with Crippen LogP contribution < -0.4 is 0 Å². The molecule has 0 aromatic heterocycles. The Balaban J connectivity index is 1.36. The molecule has 4 fully saturated rings. The first-order chi connectivity index (χ1) is 28.8. The first kappa shape index (κ1) is 51.7. The first-order valence-corrected chi connectivity index (χ1v) is 30.9. The lowest BCUT2D eigenvalue weighted by atomic mass is 9.83. The molecule has 10 atom stereocenters. The Hall–Kier alpha value is -1.31. The van der Waals surface area contributed by atoms with Gasteiger partial charge in [0.15, 0.2) is 38.5 Å². The van der Waals surface area contributed by atoms with Crippen molar-refractivity contribution in [2.75, 3.05) is 32.7 Å². The van der Waals surface area contributed by atoms with Crippen LogP contribution in [0.25, 0.3) is 0 Å². The van der Waals surface area contributed by atoms with Gasteiger partial charge in [-0.2, -0.15) is 0 Å². The highest BCUT2D eigenvalue weighted by atomic mass is 32.2. The maximum absolute atomic E-state index is 14.3. The van der Waals surface area contributed by atoms with Crippen LogP contribution in [0.2, 0.25) is 36.3 Å². The van der Waals surface area contributed by atoms with Gasteiger partial charge >= 0.3 is 0 Å². The molecule has 4 aliphatic rings. The van der Waals surface area contributed by atoms with Crippen LogP contribution in [-0.4, -0.2) is 119 Å². The van der Waals surface area contributed by atoms with E-state index in [0.29, 0.717) is 63.2 Å². The second kappa shape index (κ2) is 21.1. The third-order valence-electron chi connectivity index (χ3n) is 15.0. The molecule has 4 saturated heterocycles. The third kappa shape index (κ3) is 13.2. The Labute approximate surface area is 377 Å². The van der Waals surface area contributed by atoms with Gasteiger partial charge < -0.3 is 37.3 Å². The standard InChI is InChI=1S/C48H82O11SSi2/c1-15-34-16-20-38(21-17-34)60(50,51)31-39-43(58-44(46(39)52-10)28-37(59-62(13,14)48(7,8)9)30-55-61(11,12)47(4,5)6)29-42-33(3)32(2)26-35(57-42)18-22-41-40(49)27-36(56-41)19-23-45-53-24-25-54-45/h16-17,20-21,32,35-37,39,41-46H,3,15,18-19,22-31H2,1-2,4-14H3/t32-,35-,36-,37-,39-,41-,42+,43-,44+,46+/m0/s1. The molecular formula is C48H82O11SSi2. The summed E-state index contributed by atoms with van der Waals surface area (Å²) in [5.74, 6) is -0.304. The van der Waals surface area contributed by atoms with Crippen LogP contribution in [0.3, 0.4) is 0 Å². The Morgan fingerprint density at radius 1 is 0.839 bits per heavy atom. The minimum Gasteiger partial charge on any atom is -0.414 e. The number of carbonyl (C=O) groups excluding carboxylic acids is 1. The van der Waals surface area contributed by atoms with E-state index in [1.807, 2.05) is 12.1 Å². The molecule has 11 nitrogen and oxygen atoms in total. The number of ketones is 1. The molecular weight excluding hydrogens is 841 g/mol. The van der Waals surface area contributed by atoms with Gasteiger partial charge in [0.05, 0.1) is 73.2 Å². The maximum atomic E-state index is 14.3. The normalized spacial score (nSPS) is 30.1. The number of Topliss-reactive ketones (excluding diaryl/α,β-unsaturated/α-hetero) is 1. The van der Waals surface area contributed by atoms with Crippen LogP contribution >= 0.6 is 0 Å². The van der Waals surface area contributed by atoms with Gasteiger partial charge in [0.1, 0.15) is 6.10 Å². The molecule has 0 radical (unpaired) electrons. The van der Waals surface area contributed by atoms with Gasteiger partial charge in [-0.15, -0.1) is 0 Å². The average Bonchev–Trinajstić information content (AvgIpc) is 3.91. The number of benzene rings is 1. The van der Waals surface area contributed by atoms with Crippen molar-refractivity contribution in [1.82, 2.24) is 0 Å². The number of ether oxygens (including phenoxy) is 6. The molecule has 62 heavy (non-hydrogen) atoms. The molecule has 0 spiro atoms. The summed E-state index contributed by atoms with van der Waals surface area (Å²) in [6.45, 7) is 32.9. The van der Waals surface area contributed by atoms with Crippen molar-refractivity contribution in [2.45, 2.75) is 209 Å². The summed E-state index contributed by atoms with van der Waals surface area (Å²) < 4.78 is 80.2. The SMILES string of the molecule is C=C1[C@@H](C)C[C@H](CC[C@@H]2O[C@@H](CCC3OCCO3)CC2=O)O[C@@H]1C[C@@H]1O[C@H](C[C@@H](CO[Si](C)(C)C(C)(C)C)O[Si](C)(C)C(C)(C)C)[C@H](OC)[C@H]1CS(=O)(=O)c1ccc(CC)cc1. The van der Waals surface area contributed by atoms with E-state index in [9.17, 15) is 13.2 Å². The van der Waals surface area contributed by atoms with Crippen LogP contribution in [0.4, 0.5) is 0 Å². The van der Waals surface area contributed by atoms with Gasteiger partial charge in [-0.1, -0.05) is 74.1 Å². The van der Waals surface area contributed by atoms with E-state index in [2.05, 4.69) is 88.2 Å². The zero-order valence-electron chi connectivity index (χ0n) is 40.5. The molecule has 14 heteroatoms. The summed E-state index contributed by atoms with van der Waals surface area (Å²) in [5, 5.41) is -0.0103. The van der Waals surface area contributed by atoms with Crippen molar-refractivity contribution in [3.8, 4) is 0 Å². The summed E-state index contributed by atoms with van der Waals surface area (Å²) >= 11 is 0. The summed E-state index contributed by atoms with van der Waals surface area (Å²) in [6.07, 6.45) is 2.68. The van der Waals surface area contributed by atoms with Gasteiger partial charge in [0.2, 0.25) is 0 Å². The molecule has 0 unspecified atom stereocenters. The molecule has 1 aromatic carbocycles. The second-order valence-electron chi connectivity index (χ2n) is 21.6. The number of methoxy groups -OCH3 is 1. The van der Waals surface area contributed by atoms with Crippen LogP contribution in [0.15, 0.2) is 41.3 Å². The second-order valence-corrected chi connectivity index (χ2v) is 33.2. The van der Waals surface area contributed by atoms with Gasteiger partial charge in [-0.3, -0.25) is 4.79 Å². The van der Waals surface area contributed by atoms with Gasteiger partial charge in [-0.05, 0) is 97.6 Å². The maximum Gasteiger partial charge on any atom is 0.192 e. The van der Waals surface area contributed by atoms with Crippen molar-refractivity contribution in [3.63, 3.8) is 0 Å². The highest BCUT2D eigenvalue weighted by Gasteiger charge is 2.50. The van der Waals surface area contributed by atoms with Crippen molar-refractivity contribution in [2.24, 2.45) is 11.8 Å². The van der Waals surface area contributed by atoms with Crippen LogP contribution in [0.5, 0.6) is 0 Å². The molecule has 0 bridgehead atoms. The van der Waals surface area contributed by atoms with Crippen molar-refractivity contribution in [1.29, 1.82) is 0 Å². The predicted molar refractivity (Wildman–Crippen MR) is 249 cm³/mol. The fourth-order valence-corrected chi connectivity index (χ4v) is 12.9. The number of rotatable bonds is 20. The number of aryl methyl sites for hydroxylation is 1. The van der Waals surface area contributed by atoms with Crippen molar-refractivity contribution < 1.29 is 50.5 Å². The minimum absolute atomic E-state index is 0.0209. The van der Waals surface area contributed by atoms with E-state index >= 15 is 0 Å². The van der Waals surface area contributed by atoms with E-state index in [4.69, 9.17) is 37.3 Å². The van der Waals surface area contributed by atoms with E-state index < -0.39 is 56.8 Å². The lowest BCUT2D eigenvalue weighted by molar-refractivity contribution is -0.123. The fourth-order valence-electron chi connectivity index (χ4n) is 8.83. The van der Waals surface area contributed by atoms with Crippen molar-refractivity contribution >= 4 is 32.3 Å². The van der Waals surface area contributed by atoms with Gasteiger partial charge in [-0.25, -0.2) is 8.42 Å². The Morgan fingerprint density at radius 3 is 2.05 bits per heavy atom. The molecule has 0 amide bonds. The van der Waals surface area contributed by atoms with Crippen LogP contribution in [0.1, 0.15) is 112 Å². The summed E-state index contributed by atoms with van der Waals surface area (Å²) in [4.78, 5) is 13.3. The zero-order chi connectivity index (χ0) is 45.8. The number of sulfone groups is 1. The number of hydrogen-bond donors (Lipinski definition) is 0. The molecule has 4 aliphatic heterocycles. The number of hydrogen-bond acceptors (Lipinski definition) is 11. The van der Waals surface area contributed by atoms with E-state index in [1.165, 1.54) is 0 Å². The summed E-state index contributed by atoms with van der Waals surface area (Å²) in [5.41, 5.74) is 2.06. The van der Waals surface area contributed by atoms with Gasteiger partial charge in [0, 0.05) is 38.7 Å². The molecule has 4 heterocycles. The van der Waals surface area contributed by atoms with Crippen molar-refractivity contribution in [3.05, 3.63) is 42.0 Å². The largest absolute Gasteiger partial charge is 0.414 e. The quantitative estimate of drug-likeness (QED) is 0.0918. The highest BCUT2D eigenvalue weighted by molar-refractivity contribution is 7.91. The van der Waals surface area contributed by atoms with Gasteiger partial charge in [0.25, 0.3) is 0 Å². The molecule has 5 rings (SSSR count). The lowest BCUT2D eigenvalue weighted by Gasteiger charge is -2.42. The highest BCUT2D eigenvalue weighted by Crippen LogP contribution is 2.44. The minimum atomic E-state index is -3.73.